The first-order chi connectivity index (χ1) is 14.8. The van der Waals surface area contributed by atoms with Crippen molar-refractivity contribution in [1.29, 1.82) is 0 Å². The zero-order valence-corrected chi connectivity index (χ0v) is 20.1. The third-order valence-corrected chi connectivity index (χ3v) is 6.01. The number of nitrogens with one attached hydrogen (secondary N) is 1. The van der Waals surface area contributed by atoms with E-state index < -0.39 is 6.04 Å². The van der Waals surface area contributed by atoms with Crippen molar-refractivity contribution in [2.45, 2.75) is 44.7 Å². The Morgan fingerprint density at radius 2 is 1.74 bits per heavy atom. The summed E-state index contributed by atoms with van der Waals surface area (Å²) in [5, 5.41) is 3.64. The summed E-state index contributed by atoms with van der Waals surface area (Å²) in [6.07, 6.45) is 0.539. The highest BCUT2D eigenvalue weighted by Crippen LogP contribution is 2.23. The van der Waals surface area contributed by atoms with Crippen molar-refractivity contribution < 1.29 is 14.3 Å². The van der Waals surface area contributed by atoms with Gasteiger partial charge in [-0.3, -0.25) is 9.59 Å². The quantitative estimate of drug-likeness (QED) is 0.476. The first kappa shape index (κ1) is 25.1. The van der Waals surface area contributed by atoms with Crippen LogP contribution in [0.3, 0.4) is 0 Å². The van der Waals surface area contributed by atoms with Crippen LogP contribution in [0.5, 0.6) is 5.75 Å². The van der Waals surface area contributed by atoms with Gasteiger partial charge in [-0.15, -0.1) is 11.8 Å². The van der Waals surface area contributed by atoms with E-state index in [1.807, 2.05) is 57.2 Å². The van der Waals surface area contributed by atoms with E-state index in [1.165, 1.54) is 11.8 Å². The van der Waals surface area contributed by atoms with Crippen LogP contribution in [-0.2, 0) is 16.1 Å². The molecule has 31 heavy (non-hydrogen) atoms. The molecule has 1 N–H and O–H groups in total. The summed E-state index contributed by atoms with van der Waals surface area (Å²) in [5.74, 6) is 1.14. The molecule has 0 bridgehead atoms. The van der Waals surface area contributed by atoms with Crippen molar-refractivity contribution in [1.82, 2.24) is 10.2 Å². The number of carbonyl (C=O) groups is 2. The van der Waals surface area contributed by atoms with Gasteiger partial charge in [0.2, 0.25) is 11.8 Å². The van der Waals surface area contributed by atoms with Crippen LogP contribution < -0.4 is 10.1 Å². The largest absolute Gasteiger partial charge is 0.497 e. The molecule has 2 amide bonds. The summed E-state index contributed by atoms with van der Waals surface area (Å²) in [5.41, 5.74) is 0.945. The lowest BCUT2D eigenvalue weighted by atomic mass is 10.1. The van der Waals surface area contributed by atoms with E-state index in [0.29, 0.717) is 30.5 Å². The molecule has 2 aromatic carbocycles. The van der Waals surface area contributed by atoms with Gasteiger partial charge in [-0.2, -0.15) is 0 Å². The Hall–Kier alpha value is -2.18. The molecular formula is C24H31ClN2O3S. The van der Waals surface area contributed by atoms with E-state index in [2.05, 4.69) is 5.32 Å². The first-order valence-electron chi connectivity index (χ1n) is 10.4. The van der Waals surface area contributed by atoms with Crippen LogP contribution in [0.1, 0.15) is 32.8 Å². The summed E-state index contributed by atoms with van der Waals surface area (Å²) >= 11 is 7.38. The van der Waals surface area contributed by atoms with Crippen LogP contribution in [0.15, 0.2) is 53.4 Å². The molecule has 0 aliphatic heterocycles. The molecule has 1 unspecified atom stereocenters. The van der Waals surface area contributed by atoms with Gasteiger partial charge in [-0.25, -0.2) is 0 Å². The number of nitrogens with zero attached hydrogens (tertiary/aromatic N) is 1. The van der Waals surface area contributed by atoms with Crippen LogP contribution in [0, 0.1) is 5.92 Å². The van der Waals surface area contributed by atoms with E-state index in [1.54, 1.807) is 24.1 Å². The summed E-state index contributed by atoms with van der Waals surface area (Å²) in [6.45, 7) is 6.96. The highest BCUT2D eigenvalue weighted by Gasteiger charge is 2.28. The minimum Gasteiger partial charge on any atom is -0.497 e. The van der Waals surface area contributed by atoms with Crippen LogP contribution >= 0.6 is 23.4 Å². The van der Waals surface area contributed by atoms with Crippen LogP contribution in [0.25, 0.3) is 0 Å². The van der Waals surface area contributed by atoms with Gasteiger partial charge in [-0.1, -0.05) is 44.5 Å². The highest BCUT2D eigenvalue weighted by atomic mass is 35.5. The zero-order chi connectivity index (χ0) is 22.8. The van der Waals surface area contributed by atoms with Gasteiger partial charge in [0.1, 0.15) is 11.8 Å². The number of methoxy groups -OCH3 is 1. The predicted octanol–water partition coefficient (Wildman–Crippen LogP) is 5.02. The molecule has 2 rings (SSSR count). The molecule has 1 atom stereocenters. The zero-order valence-electron chi connectivity index (χ0n) is 18.6. The maximum absolute atomic E-state index is 13.2. The maximum atomic E-state index is 13.2. The molecule has 2 aromatic rings. The van der Waals surface area contributed by atoms with Crippen molar-refractivity contribution >= 4 is 35.2 Å². The van der Waals surface area contributed by atoms with Crippen molar-refractivity contribution in [3.8, 4) is 5.75 Å². The fraction of sp³-hybridized carbons (Fsp3) is 0.417. The molecule has 0 spiro atoms. The van der Waals surface area contributed by atoms with E-state index >= 15 is 0 Å². The third kappa shape index (κ3) is 8.11. The Kier molecular flexibility index (Phi) is 10.2. The molecule has 0 heterocycles. The fourth-order valence-electron chi connectivity index (χ4n) is 3.03. The molecule has 0 saturated heterocycles. The third-order valence-electron chi connectivity index (χ3n) is 4.76. The smallest absolute Gasteiger partial charge is 0.242 e. The van der Waals surface area contributed by atoms with Crippen LogP contribution in [-0.4, -0.2) is 42.2 Å². The molecule has 0 aromatic heterocycles. The number of carbonyl (C=O) groups excluding carboxylic acids is 2. The van der Waals surface area contributed by atoms with Gasteiger partial charge in [0.05, 0.1) is 12.9 Å². The number of amides is 2. The second-order valence-electron chi connectivity index (χ2n) is 7.68. The number of thioether (sulfide) groups is 1. The lowest BCUT2D eigenvalue weighted by Gasteiger charge is -2.31. The summed E-state index contributed by atoms with van der Waals surface area (Å²) in [4.78, 5) is 28.7. The molecule has 0 saturated carbocycles. The van der Waals surface area contributed by atoms with Gasteiger partial charge in [0.15, 0.2) is 0 Å². The second-order valence-corrected chi connectivity index (χ2v) is 9.16. The summed E-state index contributed by atoms with van der Waals surface area (Å²) in [7, 11) is 1.62. The van der Waals surface area contributed by atoms with E-state index in [-0.39, 0.29) is 17.6 Å². The summed E-state index contributed by atoms with van der Waals surface area (Å²) in [6, 6.07) is 14.4. The number of ether oxygens (including phenoxy) is 1. The topological polar surface area (TPSA) is 58.6 Å². The monoisotopic (exact) mass is 462 g/mol. The van der Waals surface area contributed by atoms with Gasteiger partial charge < -0.3 is 15.0 Å². The molecule has 0 radical (unpaired) electrons. The lowest BCUT2D eigenvalue weighted by molar-refractivity contribution is -0.139. The van der Waals surface area contributed by atoms with Gasteiger partial charge in [0, 0.05) is 23.0 Å². The van der Waals surface area contributed by atoms with Crippen LogP contribution in [0.4, 0.5) is 0 Å². The SMILES string of the molecule is CCC(C(=O)NCC(C)C)N(Cc1ccc(OC)cc1)C(=O)CSc1ccc(Cl)cc1. The van der Waals surface area contributed by atoms with Gasteiger partial charge in [0.25, 0.3) is 0 Å². The number of hydrogen-bond donors (Lipinski definition) is 1. The summed E-state index contributed by atoms with van der Waals surface area (Å²) < 4.78 is 5.22. The number of halogens is 1. The van der Waals surface area contributed by atoms with Crippen molar-refractivity contribution in [3.63, 3.8) is 0 Å². The Morgan fingerprint density at radius 1 is 1.10 bits per heavy atom. The molecule has 0 aliphatic rings. The Bertz CT molecular complexity index is 841. The van der Waals surface area contributed by atoms with E-state index in [9.17, 15) is 9.59 Å². The van der Waals surface area contributed by atoms with Crippen LogP contribution in [0.2, 0.25) is 5.02 Å². The van der Waals surface area contributed by atoms with E-state index in [0.717, 1.165) is 16.2 Å². The molecule has 0 aliphatic carbocycles. The van der Waals surface area contributed by atoms with E-state index in [4.69, 9.17) is 16.3 Å². The minimum absolute atomic E-state index is 0.0812. The molecule has 5 nitrogen and oxygen atoms in total. The molecule has 7 heteroatoms. The Morgan fingerprint density at radius 3 is 2.29 bits per heavy atom. The lowest BCUT2D eigenvalue weighted by Crippen LogP contribution is -2.50. The minimum atomic E-state index is -0.529. The average molecular weight is 463 g/mol. The predicted molar refractivity (Wildman–Crippen MR) is 128 cm³/mol. The first-order valence-corrected chi connectivity index (χ1v) is 11.8. The van der Waals surface area contributed by atoms with Crippen molar-refractivity contribution in [3.05, 3.63) is 59.1 Å². The number of rotatable bonds is 11. The normalized spacial score (nSPS) is 11.8. The molecule has 0 fully saturated rings. The Balaban J connectivity index is 2.18. The van der Waals surface area contributed by atoms with Crippen molar-refractivity contribution in [2.75, 3.05) is 19.4 Å². The fourth-order valence-corrected chi connectivity index (χ4v) is 3.94. The number of benzene rings is 2. The average Bonchev–Trinajstić information content (AvgIpc) is 2.77. The van der Waals surface area contributed by atoms with Gasteiger partial charge in [-0.05, 0) is 54.3 Å². The maximum Gasteiger partial charge on any atom is 0.242 e. The number of hydrogen-bond acceptors (Lipinski definition) is 4. The Labute approximate surface area is 194 Å². The second kappa shape index (κ2) is 12.6. The molecular weight excluding hydrogens is 432 g/mol. The van der Waals surface area contributed by atoms with Gasteiger partial charge >= 0.3 is 0 Å². The van der Waals surface area contributed by atoms with Crippen molar-refractivity contribution in [2.24, 2.45) is 5.92 Å². The molecule has 168 valence electrons. The highest BCUT2D eigenvalue weighted by molar-refractivity contribution is 8.00. The standard InChI is InChI=1S/C24H31ClN2O3S/c1-5-22(24(29)26-14-17(2)3)27(15-18-6-10-20(30-4)11-7-18)23(28)16-31-21-12-8-19(25)9-13-21/h6-13,17,22H,5,14-16H2,1-4H3,(H,26,29).